The Labute approximate surface area is 165 Å². The molecular formula is C24H27FO3. The lowest BCUT2D eigenvalue weighted by Gasteiger charge is -2.39. The molecule has 3 nitrogen and oxygen atoms in total. The lowest BCUT2D eigenvalue weighted by molar-refractivity contribution is -0.156. The second-order valence-electron chi connectivity index (χ2n) is 9.10. The first-order valence-corrected chi connectivity index (χ1v) is 9.94. The SMILES string of the molecule is Cc1cc(C2=C(C=CC3CC(O)CC(=O)O3)[C@@]3(C)C=C[C@](C)(C2)C3)ccc1F. The highest BCUT2D eigenvalue weighted by atomic mass is 19.1. The quantitative estimate of drug-likeness (QED) is 0.598. The third kappa shape index (κ3) is 3.46. The molecule has 148 valence electrons. The van der Waals surface area contributed by atoms with Gasteiger partial charge in [0.25, 0.3) is 0 Å². The van der Waals surface area contributed by atoms with Gasteiger partial charge in [-0.2, -0.15) is 0 Å². The smallest absolute Gasteiger partial charge is 0.309 e. The van der Waals surface area contributed by atoms with E-state index < -0.39 is 12.2 Å². The highest BCUT2D eigenvalue weighted by molar-refractivity contribution is 5.76. The Hall–Kier alpha value is -2.20. The van der Waals surface area contributed by atoms with E-state index in [2.05, 4.69) is 32.1 Å². The van der Waals surface area contributed by atoms with Crippen molar-refractivity contribution >= 4 is 11.5 Å². The average Bonchev–Trinajstić information content (AvgIpc) is 2.86. The number of cyclic esters (lactones) is 1. The van der Waals surface area contributed by atoms with Crippen molar-refractivity contribution in [3.63, 3.8) is 0 Å². The van der Waals surface area contributed by atoms with Crippen molar-refractivity contribution < 1.29 is 19.0 Å². The summed E-state index contributed by atoms with van der Waals surface area (Å²) in [6.07, 6.45) is 9.85. The number of hydrogen-bond donors (Lipinski definition) is 1. The average molecular weight is 382 g/mol. The van der Waals surface area contributed by atoms with Crippen molar-refractivity contribution in [1.82, 2.24) is 0 Å². The number of allylic oxidation sites excluding steroid dienone is 5. The number of aliphatic hydroxyl groups excluding tert-OH is 1. The Kier molecular flexibility index (Phi) is 4.58. The first kappa shape index (κ1) is 19.1. The van der Waals surface area contributed by atoms with Crippen LogP contribution >= 0.6 is 0 Å². The van der Waals surface area contributed by atoms with Crippen molar-refractivity contribution in [3.8, 4) is 0 Å². The molecule has 1 saturated heterocycles. The molecule has 4 heteroatoms. The first-order valence-electron chi connectivity index (χ1n) is 9.94. The standard InChI is InChI=1S/C24H27FO3/c1-15-10-16(4-7-21(15)25)19-13-23(2)8-9-24(3,14-23)20(19)6-5-18-11-17(26)12-22(27)28-18/h4-10,17-18,26H,11-14H2,1-3H3/t17?,18?,23-,24+/m1/s1. The van der Waals surface area contributed by atoms with Gasteiger partial charge in [0.05, 0.1) is 12.5 Å². The van der Waals surface area contributed by atoms with Crippen molar-refractivity contribution in [1.29, 1.82) is 0 Å². The summed E-state index contributed by atoms with van der Waals surface area (Å²) in [5.74, 6) is -0.557. The molecule has 1 aromatic rings. The monoisotopic (exact) mass is 382 g/mol. The fraction of sp³-hybridized carbons (Fsp3) is 0.458. The van der Waals surface area contributed by atoms with Crippen LogP contribution in [0.4, 0.5) is 4.39 Å². The summed E-state index contributed by atoms with van der Waals surface area (Å²) in [6, 6.07) is 5.31. The maximum absolute atomic E-state index is 13.8. The molecule has 3 aliphatic rings. The van der Waals surface area contributed by atoms with Crippen LogP contribution in [0.1, 0.15) is 50.7 Å². The molecule has 0 amide bonds. The van der Waals surface area contributed by atoms with Gasteiger partial charge in [-0.15, -0.1) is 0 Å². The maximum atomic E-state index is 13.8. The van der Waals surface area contributed by atoms with Crippen LogP contribution in [0.25, 0.3) is 5.57 Å². The molecule has 1 fully saturated rings. The second kappa shape index (κ2) is 6.70. The number of aryl methyl sites for hydroxylation is 1. The highest BCUT2D eigenvalue weighted by Crippen LogP contribution is 2.58. The van der Waals surface area contributed by atoms with Crippen molar-refractivity contribution in [2.45, 2.75) is 58.7 Å². The van der Waals surface area contributed by atoms with Gasteiger partial charge in [-0.1, -0.05) is 38.1 Å². The predicted molar refractivity (Wildman–Crippen MR) is 107 cm³/mol. The Morgan fingerprint density at radius 1 is 1.29 bits per heavy atom. The lowest BCUT2D eigenvalue weighted by Crippen LogP contribution is -2.31. The number of esters is 1. The van der Waals surface area contributed by atoms with Crippen molar-refractivity contribution in [2.24, 2.45) is 10.8 Å². The molecule has 2 aliphatic carbocycles. The van der Waals surface area contributed by atoms with Crippen LogP contribution in [0.2, 0.25) is 0 Å². The van der Waals surface area contributed by atoms with E-state index in [1.807, 2.05) is 18.2 Å². The van der Waals surface area contributed by atoms with E-state index in [1.54, 1.807) is 6.92 Å². The Bertz CT molecular complexity index is 912. The molecule has 1 aliphatic heterocycles. The zero-order valence-electron chi connectivity index (χ0n) is 16.7. The lowest BCUT2D eigenvalue weighted by atomic mass is 9.65. The molecular weight excluding hydrogens is 355 g/mol. The molecule has 0 aromatic heterocycles. The summed E-state index contributed by atoms with van der Waals surface area (Å²) in [6.45, 7) is 6.29. The zero-order chi connectivity index (χ0) is 20.1. The zero-order valence-corrected chi connectivity index (χ0v) is 16.7. The fourth-order valence-electron chi connectivity index (χ4n) is 5.00. The predicted octanol–water partition coefficient (Wildman–Crippen LogP) is 4.89. The van der Waals surface area contributed by atoms with E-state index in [0.717, 1.165) is 18.4 Å². The van der Waals surface area contributed by atoms with Gasteiger partial charge >= 0.3 is 5.97 Å². The van der Waals surface area contributed by atoms with E-state index in [9.17, 15) is 14.3 Å². The molecule has 0 saturated carbocycles. The summed E-state index contributed by atoms with van der Waals surface area (Å²) >= 11 is 0. The van der Waals surface area contributed by atoms with E-state index in [1.165, 1.54) is 17.2 Å². The van der Waals surface area contributed by atoms with E-state index in [-0.39, 0.29) is 29.0 Å². The number of benzene rings is 1. The van der Waals surface area contributed by atoms with E-state index >= 15 is 0 Å². The van der Waals surface area contributed by atoms with Crippen LogP contribution in [0.15, 0.2) is 48.1 Å². The van der Waals surface area contributed by atoms with Gasteiger partial charge in [0, 0.05) is 11.8 Å². The van der Waals surface area contributed by atoms with Gasteiger partial charge in [-0.05, 0) is 65.7 Å². The molecule has 4 atom stereocenters. The van der Waals surface area contributed by atoms with Crippen LogP contribution in [0, 0.1) is 23.6 Å². The van der Waals surface area contributed by atoms with E-state index in [0.29, 0.717) is 12.0 Å². The topological polar surface area (TPSA) is 46.5 Å². The highest BCUT2D eigenvalue weighted by Gasteiger charge is 2.45. The number of fused-ring (bicyclic) bond motifs is 2. The summed E-state index contributed by atoms with van der Waals surface area (Å²) in [5, 5.41) is 9.87. The summed E-state index contributed by atoms with van der Waals surface area (Å²) in [7, 11) is 0. The third-order valence-corrected chi connectivity index (χ3v) is 6.32. The molecule has 4 rings (SSSR count). The number of carbonyl (C=O) groups is 1. The van der Waals surface area contributed by atoms with Crippen LogP contribution in [-0.4, -0.2) is 23.3 Å². The number of aliphatic hydroxyl groups is 1. The molecule has 0 radical (unpaired) electrons. The molecule has 28 heavy (non-hydrogen) atoms. The number of halogens is 1. The minimum Gasteiger partial charge on any atom is -0.458 e. The van der Waals surface area contributed by atoms with Gasteiger partial charge in [-0.3, -0.25) is 4.79 Å². The number of hydrogen-bond acceptors (Lipinski definition) is 3. The summed E-state index contributed by atoms with van der Waals surface area (Å²) in [4.78, 5) is 11.6. The van der Waals surface area contributed by atoms with Gasteiger partial charge in [0.2, 0.25) is 0 Å². The minimum absolute atomic E-state index is 0.0615. The Balaban J connectivity index is 1.76. The first-order chi connectivity index (χ1) is 13.2. The van der Waals surface area contributed by atoms with Gasteiger partial charge in [0.1, 0.15) is 11.9 Å². The maximum Gasteiger partial charge on any atom is 0.309 e. The second-order valence-corrected chi connectivity index (χ2v) is 9.10. The fourth-order valence-corrected chi connectivity index (χ4v) is 5.00. The van der Waals surface area contributed by atoms with Crippen molar-refractivity contribution in [2.75, 3.05) is 0 Å². The van der Waals surface area contributed by atoms with Crippen LogP contribution in [0.3, 0.4) is 0 Å². The van der Waals surface area contributed by atoms with Crippen LogP contribution < -0.4 is 0 Å². The number of ether oxygens (including phenoxy) is 1. The Morgan fingerprint density at radius 2 is 2.07 bits per heavy atom. The largest absolute Gasteiger partial charge is 0.458 e. The Morgan fingerprint density at radius 3 is 2.79 bits per heavy atom. The molecule has 2 unspecified atom stereocenters. The summed E-state index contributed by atoms with van der Waals surface area (Å²) in [5.41, 5.74) is 4.05. The van der Waals surface area contributed by atoms with Gasteiger partial charge < -0.3 is 9.84 Å². The van der Waals surface area contributed by atoms with Gasteiger partial charge in [0.15, 0.2) is 0 Å². The van der Waals surface area contributed by atoms with Gasteiger partial charge in [-0.25, -0.2) is 4.39 Å². The summed E-state index contributed by atoms with van der Waals surface area (Å²) < 4.78 is 19.2. The van der Waals surface area contributed by atoms with E-state index in [4.69, 9.17) is 4.74 Å². The molecule has 1 aromatic carbocycles. The normalized spacial score (nSPS) is 35.0. The minimum atomic E-state index is -0.652. The number of carbonyl (C=O) groups excluding carboxylic acids is 1. The number of rotatable bonds is 3. The van der Waals surface area contributed by atoms with Crippen molar-refractivity contribution in [3.05, 3.63) is 65.0 Å². The molecule has 0 spiro atoms. The molecule has 1 N–H and O–H groups in total. The third-order valence-electron chi connectivity index (χ3n) is 6.32. The molecule has 2 bridgehead atoms. The van der Waals surface area contributed by atoms with Crippen LogP contribution in [0.5, 0.6) is 0 Å². The molecule has 1 heterocycles. The van der Waals surface area contributed by atoms with Crippen LogP contribution in [-0.2, 0) is 9.53 Å².